The Labute approximate surface area is 95.4 Å². The fourth-order valence-electron chi connectivity index (χ4n) is 1.59. The van der Waals surface area contributed by atoms with Gasteiger partial charge in [-0.3, -0.25) is 4.79 Å². The van der Waals surface area contributed by atoms with Gasteiger partial charge in [0.25, 0.3) is 5.91 Å². The Morgan fingerprint density at radius 2 is 2.50 bits per heavy atom. The van der Waals surface area contributed by atoms with Gasteiger partial charge in [0.2, 0.25) is 0 Å². The maximum Gasteiger partial charge on any atom is 0.270 e. The van der Waals surface area contributed by atoms with Crippen molar-refractivity contribution >= 4 is 28.5 Å². The molecule has 1 atom stereocenters. The van der Waals surface area contributed by atoms with Crippen molar-refractivity contribution in [3.63, 3.8) is 0 Å². The smallest absolute Gasteiger partial charge is 0.270 e. The summed E-state index contributed by atoms with van der Waals surface area (Å²) in [5.74, 6) is -0.0236. The van der Waals surface area contributed by atoms with Crippen molar-refractivity contribution in [2.45, 2.75) is 12.5 Å². The lowest BCUT2D eigenvalue weighted by atomic mass is 10.3. The van der Waals surface area contributed by atoms with Crippen molar-refractivity contribution < 1.29 is 9.90 Å². The molecule has 2 heterocycles. The second-order valence-electron chi connectivity index (χ2n) is 3.43. The summed E-state index contributed by atoms with van der Waals surface area (Å²) in [6.45, 7) is 1.10. The highest BCUT2D eigenvalue weighted by Crippen LogP contribution is 2.14. The van der Waals surface area contributed by atoms with Crippen molar-refractivity contribution in [3.8, 4) is 0 Å². The minimum Gasteiger partial charge on any atom is -0.391 e. The number of rotatable bonds is 1. The Morgan fingerprint density at radius 1 is 1.71 bits per heavy atom. The number of nitrogens with zero attached hydrogens (tertiary/aromatic N) is 1. The molecule has 14 heavy (non-hydrogen) atoms. The quantitative estimate of drug-likeness (QED) is 0.755. The van der Waals surface area contributed by atoms with Gasteiger partial charge in [-0.2, -0.15) is 0 Å². The first-order valence-electron chi connectivity index (χ1n) is 4.48. The number of carbonyl (C=O) groups is 1. The molecule has 0 radical (unpaired) electrons. The van der Waals surface area contributed by atoms with Crippen molar-refractivity contribution in [2.75, 3.05) is 13.1 Å². The van der Waals surface area contributed by atoms with Crippen LogP contribution in [0, 0.1) is 3.57 Å². The van der Waals surface area contributed by atoms with E-state index in [4.69, 9.17) is 0 Å². The second kappa shape index (κ2) is 3.90. The molecule has 1 saturated heterocycles. The summed E-state index contributed by atoms with van der Waals surface area (Å²) in [5, 5.41) is 9.30. The van der Waals surface area contributed by atoms with Crippen LogP contribution in [-0.2, 0) is 0 Å². The van der Waals surface area contributed by atoms with Crippen LogP contribution in [0.4, 0.5) is 0 Å². The van der Waals surface area contributed by atoms with Gasteiger partial charge in [0.05, 0.1) is 6.10 Å². The zero-order chi connectivity index (χ0) is 10.1. The third kappa shape index (κ3) is 1.93. The number of amides is 1. The summed E-state index contributed by atoms with van der Waals surface area (Å²) >= 11 is 2.15. The molecule has 0 aliphatic carbocycles. The molecule has 4 nitrogen and oxygen atoms in total. The van der Waals surface area contributed by atoms with Gasteiger partial charge in [-0.25, -0.2) is 0 Å². The lowest BCUT2D eigenvalue weighted by Crippen LogP contribution is -2.29. The molecular weight excluding hydrogens is 295 g/mol. The van der Waals surface area contributed by atoms with Crippen molar-refractivity contribution in [1.82, 2.24) is 9.88 Å². The van der Waals surface area contributed by atoms with Gasteiger partial charge in [0, 0.05) is 22.9 Å². The molecule has 76 valence electrons. The van der Waals surface area contributed by atoms with E-state index in [0.717, 1.165) is 3.57 Å². The normalized spacial score (nSPS) is 21.6. The molecule has 1 aliphatic rings. The van der Waals surface area contributed by atoms with Crippen LogP contribution in [0.3, 0.4) is 0 Å². The van der Waals surface area contributed by atoms with E-state index >= 15 is 0 Å². The Morgan fingerprint density at radius 3 is 3.00 bits per heavy atom. The number of aliphatic hydroxyl groups is 1. The Hall–Kier alpha value is -0.560. The fraction of sp³-hybridized carbons (Fsp3) is 0.444. The first-order valence-corrected chi connectivity index (χ1v) is 5.56. The van der Waals surface area contributed by atoms with Gasteiger partial charge < -0.3 is 15.0 Å². The van der Waals surface area contributed by atoms with Crippen LogP contribution in [0.2, 0.25) is 0 Å². The average Bonchev–Trinajstić information content (AvgIpc) is 2.73. The monoisotopic (exact) mass is 306 g/mol. The number of carbonyl (C=O) groups excluding carboxylic acids is 1. The highest BCUT2D eigenvalue weighted by Gasteiger charge is 2.25. The van der Waals surface area contributed by atoms with Crippen LogP contribution in [0.25, 0.3) is 0 Å². The summed E-state index contributed by atoms with van der Waals surface area (Å²) in [6.07, 6.45) is 2.12. The number of β-amino-alcohol motifs (C(OH)–C–C–N with tert-alkyl or cyclic N) is 1. The largest absolute Gasteiger partial charge is 0.391 e. The minimum absolute atomic E-state index is 0.0236. The number of halogens is 1. The van der Waals surface area contributed by atoms with Crippen molar-refractivity contribution in [3.05, 3.63) is 21.5 Å². The molecular formula is C9H11IN2O2. The van der Waals surface area contributed by atoms with E-state index < -0.39 is 0 Å². The molecule has 1 aliphatic heterocycles. The van der Waals surface area contributed by atoms with Gasteiger partial charge in [-0.1, -0.05) is 0 Å². The first-order chi connectivity index (χ1) is 6.66. The summed E-state index contributed by atoms with van der Waals surface area (Å²) in [4.78, 5) is 16.4. The Kier molecular flexibility index (Phi) is 2.78. The van der Waals surface area contributed by atoms with Crippen molar-refractivity contribution in [1.29, 1.82) is 0 Å². The van der Waals surface area contributed by atoms with Crippen LogP contribution in [0.1, 0.15) is 16.9 Å². The molecule has 0 unspecified atom stereocenters. The topological polar surface area (TPSA) is 56.3 Å². The van der Waals surface area contributed by atoms with Gasteiger partial charge in [0.1, 0.15) is 5.69 Å². The molecule has 1 aromatic rings. The first kappa shape index (κ1) is 9.97. The molecule has 2 N–H and O–H groups in total. The van der Waals surface area contributed by atoms with E-state index in [2.05, 4.69) is 27.6 Å². The number of nitrogens with one attached hydrogen (secondary N) is 1. The number of hydrogen-bond acceptors (Lipinski definition) is 2. The van der Waals surface area contributed by atoms with E-state index in [1.54, 1.807) is 11.1 Å². The van der Waals surface area contributed by atoms with E-state index in [0.29, 0.717) is 25.2 Å². The standard InChI is InChI=1S/C9H11IN2O2/c10-6-3-8(11-4-6)9(14)12-2-1-7(13)5-12/h3-4,7,11,13H,1-2,5H2/t7-/m1/s1. The zero-order valence-corrected chi connectivity index (χ0v) is 9.69. The lowest BCUT2D eigenvalue weighted by Gasteiger charge is -2.13. The van der Waals surface area contributed by atoms with E-state index in [9.17, 15) is 9.90 Å². The van der Waals surface area contributed by atoms with E-state index in [1.807, 2.05) is 6.07 Å². The predicted octanol–water partition coefficient (Wildman–Crippen LogP) is 0.826. The van der Waals surface area contributed by atoms with Gasteiger partial charge in [0.15, 0.2) is 0 Å². The molecule has 2 rings (SSSR count). The number of H-pyrrole nitrogens is 1. The van der Waals surface area contributed by atoms with Crippen molar-refractivity contribution in [2.24, 2.45) is 0 Å². The number of hydrogen-bond donors (Lipinski definition) is 2. The molecule has 1 fully saturated rings. The van der Waals surface area contributed by atoms with E-state index in [1.165, 1.54) is 0 Å². The number of likely N-dealkylation sites (tertiary alicyclic amines) is 1. The molecule has 0 spiro atoms. The maximum absolute atomic E-state index is 11.8. The van der Waals surface area contributed by atoms with Gasteiger partial charge in [-0.05, 0) is 35.1 Å². The van der Waals surface area contributed by atoms with Crippen LogP contribution in [0.15, 0.2) is 12.3 Å². The third-order valence-electron chi connectivity index (χ3n) is 2.33. The molecule has 1 aromatic heterocycles. The molecule has 0 saturated carbocycles. The molecule has 0 aromatic carbocycles. The zero-order valence-electron chi connectivity index (χ0n) is 7.53. The van der Waals surface area contributed by atoms with Gasteiger partial charge >= 0.3 is 0 Å². The summed E-state index contributed by atoms with van der Waals surface area (Å²) in [5.41, 5.74) is 0.600. The van der Waals surface area contributed by atoms with Crippen LogP contribution < -0.4 is 0 Å². The Balaban J connectivity index is 2.09. The molecule has 5 heteroatoms. The maximum atomic E-state index is 11.8. The number of aromatic nitrogens is 1. The third-order valence-corrected chi connectivity index (χ3v) is 2.95. The Bertz CT molecular complexity index is 350. The minimum atomic E-state index is -0.354. The SMILES string of the molecule is O=C(c1cc(I)c[nH]1)N1CC[C@@H](O)C1. The van der Waals surface area contributed by atoms with Crippen LogP contribution in [0.5, 0.6) is 0 Å². The van der Waals surface area contributed by atoms with Gasteiger partial charge in [-0.15, -0.1) is 0 Å². The molecule has 1 amide bonds. The highest BCUT2D eigenvalue weighted by atomic mass is 127. The summed E-state index contributed by atoms with van der Waals surface area (Å²) in [6, 6.07) is 1.81. The van der Waals surface area contributed by atoms with Crippen LogP contribution in [-0.4, -0.2) is 40.1 Å². The highest BCUT2D eigenvalue weighted by molar-refractivity contribution is 14.1. The number of aliphatic hydroxyl groups excluding tert-OH is 1. The molecule has 0 bridgehead atoms. The van der Waals surface area contributed by atoms with E-state index in [-0.39, 0.29) is 12.0 Å². The fourth-order valence-corrected chi connectivity index (χ4v) is 2.06. The van der Waals surface area contributed by atoms with Crippen LogP contribution >= 0.6 is 22.6 Å². The predicted molar refractivity (Wildman–Crippen MR) is 60.0 cm³/mol. The number of aromatic amines is 1. The lowest BCUT2D eigenvalue weighted by molar-refractivity contribution is 0.0760. The second-order valence-corrected chi connectivity index (χ2v) is 4.67. The summed E-state index contributed by atoms with van der Waals surface area (Å²) in [7, 11) is 0. The average molecular weight is 306 g/mol. The summed E-state index contributed by atoms with van der Waals surface area (Å²) < 4.78 is 1.02.